The summed E-state index contributed by atoms with van der Waals surface area (Å²) in [6, 6.07) is 18.7. The van der Waals surface area contributed by atoms with Crippen LogP contribution in [0.3, 0.4) is 0 Å². The van der Waals surface area contributed by atoms with E-state index in [-0.39, 0.29) is 23.0 Å². The van der Waals surface area contributed by atoms with Gasteiger partial charge in [-0.15, -0.1) is 0 Å². The van der Waals surface area contributed by atoms with Crippen molar-refractivity contribution in [3.8, 4) is 11.5 Å². The summed E-state index contributed by atoms with van der Waals surface area (Å²) >= 11 is 6.64. The maximum atomic E-state index is 13.9. The number of nitrogens with zero attached hydrogens (tertiary/aromatic N) is 5. The van der Waals surface area contributed by atoms with Crippen molar-refractivity contribution in [2.24, 2.45) is 0 Å². The fourth-order valence-electron chi connectivity index (χ4n) is 8.09. The van der Waals surface area contributed by atoms with Crippen molar-refractivity contribution < 1.29 is 27.6 Å². The van der Waals surface area contributed by atoms with E-state index in [4.69, 9.17) is 21.1 Å². The van der Waals surface area contributed by atoms with Gasteiger partial charge in [0.05, 0.1) is 34.8 Å². The maximum absolute atomic E-state index is 13.9. The Morgan fingerprint density at radius 1 is 1.02 bits per heavy atom. The first-order valence-corrected chi connectivity index (χ1v) is 21.4. The van der Waals surface area contributed by atoms with Crippen LogP contribution < -0.4 is 19.7 Å². The second-order valence-corrected chi connectivity index (χ2v) is 16.8. The SMILES string of the molecule is O=C(NS(=O)(=O)c1ccc(NCCN2CCOCC2)c([N+](=O)[O-])c1)c1ccc(N2CCN([C@@H]3CCCCc4c(Cl)cccc43)CC2)cc1Oc1cnc2[nH]ccc2c1. The molecule has 3 aromatic carbocycles. The molecule has 2 fully saturated rings. The topological polar surface area (TPSA) is 175 Å². The van der Waals surface area contributed by atoms with Gasteiger partial charge in [0.15, 0.2) is 0 Å². The van der Waals surface area contributed by atoms with Gasteiger partial charge in [-0.25, -0.2) is 18.1 Å². The van der Waals surface area contributed by atoms with Gasteiger partial charge in [0.25, 0.3) is 21.6 Å². The monoisotopic (exact) mass is 828 g/mol. The molecule has 1 amide bonds. The molecule has 8 rings (SSSR count). The number of pyridine rings is 1. The largest absolute Gasteiger partial charge is 0.455 e. The first-order chi connectivity index (χ1) is 28.1. The van der Waals surface area contributed by atoms with Crippen LogP contribution in [0, 0.1) is 10.1 Å². The van der Waals surface area contributed by atoms with Crippen molar-refractivity contribution >= 4 is 55.6 Å². The van der Waals surface area contributed by atoms with Crippen molar-refractivity contribution in [3.05, 3.63) is 111 Å². The normalized spacial score (nSPS) is 18.0. The van der Waals surface area contributed by atoms with Crippen molar-refractivity contribution in [2.75, 3.05) is 75.8 Å². The molecule has 15 nitrogen and oxygen atoms in total. The number of aromatic amines is 1. The van der Waals surface area contributed by atoms with Gasteiger partial charge in [0.1, 0.15) is 22.8 Å². The summed E-state index contributed by atoms with van der Waals surface area (Å²) in [7, 11) is -4.55. The Balaban J connectivity index is 1.01. The number of halogens is 1. The highest BCUT2D eigenvalue weighted by atomic mass is 35.5. The number of ether oxygens (including phenoxy) is 2. The first-order valence-electron chi connectivity index (χ1n) is 19.5. The molecule has 5 aromatic rings. The number of piperazine rings is 1. The number of carbonyl (C=O) groups excluding carboxylic acids is 1. The summed E-state index contributed by atoms with van der Waals surface area (Å²) in [5.74, 6) is -0.477. The van der Waals surface area contributed by atoms with E-state index >= 15 is 0 Å². The van der Waals surface area contributed by atoms with Crippen LogP contribution in [-0.4, -0.2) is 105 Å². The number of nitro benzene ring substituents is 1. The van der Waals surface area contributed by atoms with E-state index in [1.165, 1.54) is 35.5 Å². The second kappa shape index (κ2) is 17.3. The Morgan fingerprint density at radius 3 is 2.66 bits per heavy atom. The average molecular weight is 829 g/mol. The van der Waals surface area contributed by atoms with E-state index in [0.717, 1.165) is 87.1 Å². The molecular weight excluding hydrogens is 784 g/mol. The number of fused-ring (bicyclic) bond motifs is 2. The van der Waals surface area contributed by atoms with Crippen LogP contribution in [-0.2, 0) is 21.2 Å². The summed E-state index contributed by atoms with van der Waals surface area (Å²) in [6.07, 6.45) is 7.59. The minimum atomic E-state index is -4.55. The number of hydrogen-bond donors (Lipinski definition) is 3. The predicted octanol–water partition coefficient (Wildman–Crippen LogP) is 6.37. The molecule has 2 aromatic heterocycles. The molecule has 2 saturated heterocycles. The van der Waals surface area contributed by atoms with Gasteiger partial charge < -0.3 is 24.7 Å². The van der Waals surface area contributed by atoms with Crippen LogP contribution in [0.2, 0.25) is 5.02 Å². The van der Waals surface area contributed by atoms with Crippen LogP contribution in [0.5, 0.6) is 11.5 Å². The second-order valence-electron chi connectivity index (χ2n) is 14.7. The van der Waals surface area contributed by atoms with Gasteiger partial charge in [-0.2, -0.15) is 0 Å². The summed E-state index contributed by atoms with van der Waals surface area (Å²) in [6.45, 7) is 6.90. The van der Waals surface area contributed by atoms with E-state index in [1.807, 2.05) is 18.2 Å². The number of amides is 1. The molecule has 3 aliphatic rings. The molecule has 1 atom stereocenters. The number of H-pyrrole nitrogens is 1. The van der Waals surface area contributed by atoms with Gasteiger partial charge in [-0.05, 0) is 72.9 Å². The number of morpholine rings is 1. The van der Waals surface area contributed by atoms with E-state index < -0.39 is 31.4 Å². The summed E-state index contributed by atoms with van der Waals surface area (Å²) in [5.41, 5.74) is 3.74. The zero-order valence-electron chi connectivity index (χ0n) is 31.9. The average Bonchev–Trinajstić information content (AvgIpc) is 3.58. The third kappa shape index (κ3) is 8.76. The predicted molar refractivity (Wildman–Crippen MR) is 222 cm³/mol. The van der Waals surface area contributed by atoms with Gasteiger partial charge in [0, 0.05) is 92.8 Å². The third-order valence-electron chi connectivity index (χ3n) is 11.2. The smallest absolute Gasteiger partial charge is 0.293 e. The maximum Gasteiger partial charge on any atom is 0.293 e. The minimum Gasteiger partial charge on any atom is -0.455 e. The lowest BCUT2D eigenvalue weighted by Gasteiger charge is -2.40. The molecule has 2 aliphatic heterocycles. The van der Waals surface area contributed by atoms with E-state index in [9.17, 15) is 23.3 Å². The lowest BCUT2D eigenvalue weighted by Crippen LogP contribution is -2.47. The number of carbonyl (C=O) groups is 1. The molecule has 3 N–H and O–H groups in total. The van der Waals surface area contributed by atoms with Crippen LogP contribution in [0.1, 0.15) is 46.8 Å². The summed E-state index contributed by atoms with van der Waals surface area (Å²) in [5, 5.41) is 16.7. The number of rotatable bonds is 12. The molecule has 0 unspecified atom stereocenters. The third-order valence-corrected chi connectivity index (χ3v) is 12.8. The number of sulfonamides is 1. The number of benzene rings is 3. The molecule has 58 heavy (non-hydrogen) atoms. The highest BCUT2D eigenvalue weighted by molar-refractivity contribution is 7.90. The molecular formula is C41H45ClN8O7S. The van der Waals surface area contributed by atoms with Crippen LogP contribution in [0.15, 0.2) is 84.0 Å². The number of nitro groups is 1. The zero-order chi connectivity index (χ0) is 40.2. The molecule has 0 radical (unpaired) electrons. The highest BCUT2D eigenvalue weighted by Crippen LogP contribution is 2.38. The molecule has 304 valence electrons. The van der Waals surface area contributed by atoms with Crippen molar-refractivity contribution in [3.63, 3.8) is 0 Å². The van der Waals surface area contributed by atoms with Crippen LogP contribution in [0.4, 0.5) is 17.1 Å². The molecule has 4 heterocycles. The number of nitrogens with one attached hydrogen (secondary N) is 3. The van der Waals surface area contributed by atoms with Gasteiger partial charge in [0.2, 0.25) is 0 Å². The lowest BCUT2D eigenvalue weighted by atomic mass is 9.97. The Bertz CT molecular complexity index is 2410. The first kappa shape index (κ1) is 39.6. The minimum absolute atomic E-state index is 0.0389. The molecule has 0 bridgehead atoms. The fourth-order valence-corrected chi connectivity index (χ4v) is 9.35. The molecule has 0 saturated carbocycles. The van der Waals surface area contributed by atoms with E-state index in [2.05, 4.69) is 40.8 Å². The molecule has 1 aliphatic carbocycles. The number of aromatic nitrogens is 2. The quantitative estimate of drug-likeness (QED) is 0.0722. The number of hydrogen-bond acceptors (Lipinski definition) is 12. The molecule has 17 heteroatoms. The van der Waals surface area contributed by atoms with Crippen molar-refractivity contribution in [2.45, 2.75) is 36.6 Å². The van der Waals surface area contributed by atoms with Crippen molar-refractivity contribution in [1.82, 2.24) is 24.5 Å². The fraction of sp³-hybridized carbons (Fsp3) is 0.366. The molecule has 0 spiro atoms. The van der Waals surface area contributed by atoms with Crippen LogP contribution in [0.25, 0.3) is 11.0 Å². The van der Waals surface area contributed by atoms with E-state index in [0.29, 0.717) is 37.7 Å². The lowest BCUT2D eigenvalue weighted by molar-refractivity contribution is -0.384. The highest BCUT2D eigenvalue weighted by Gasteiger charge is 2.30. The van der Waals surface area contributed by atoms with Crippen molar-refractivity contribution in [1.29, 1.82) is 0 Å². The Morgan fingerprint density at radius 2 is 1.84 bits per heavy atom. The number of anilines is 2. The zero-order valence-corrected chi connectivity index (χ0v) is 33.4. The Hall–Kier alpha value is -5.26. The van der Waals surface area contributed by atoms with Gasteiger partial charge in [-0.1, -0.05) is 30.2 Å². The van der Waals surface area contributed by atoms with Crippen LogP contribution >= 0.6 is 11.6 Å². The van der Waals surface area contributed by atoms with Gasteiger partial charge in [-0.3, -0.25) is 24.7 Å². The standard InChI is InChI=1S/C41H45ClN8O7S/c42-35-6-3-5-33-32(35)4-1-2-7-37(33)49-18-16-48(17-19-49)29-8-10-34(39(25-29)57-30-24-28-12-13-44-40(28)45-27-30)41(51)46-58(54,55)31-9-11-36(38(26-31)50(52)53)43-14-15-47-20-22-56-23-21-47/h3,5-6,8-13,24-27,37,43H,1-2,4,7,14-23H2,(H,44,45)(H,46,51)/t37-/m1/s1. The van der Waals surface area contributed by atoms with E-state index in [1.54, 1.807) is 24.4 Å². The summed E-state index contributed by atoms with van der Waals surface area (Å²) < 4.78 is 41.0. The summed E-state index contributed by atoms with van der Waals surface area (Å²) in [4.78, 5) is 39.2. The van der Waals surface area contributed by atoms with Gasteiger partial charge >= 0.3 is 0 Å². The Labute approximate surface area is 341 Å². The Kier molecular flexibility index (Phi) is 11.8.